The van der Waals surface area contributed by atoms with Crippen LogP contribution in [0, 0.1) is 0 Å². The van der Waals surface area contributed by atoms with Crippen LogP contribution in [0.15, 0.2) is 53.3 Å². The van der Waals surface area contributed by atoms with Crippen LogP contribution < -0.4 is 37.9 Å². The maximum Gasteiger partial charge on any atom is 0.326 e. The minimum Gasteiger partial charge on any atom is -0.481 e. The molecule has 0 saturated carbocycles. The molecule has 4 rings (SSSR count). The van der Waals surface area contributed by atoms with E-state index in [-0.39, 0.29) is 30.4 Å². The molecule has 0 saturated heterocycles. The van der Waals surface area contributed by atoms with Crippen LogP contribution in [-0.2, 0) is 16.0 Å². The summed E-state index contributed by atoms with van der Waals surface area (Å²) in [6.45, 7) is 1.49. The Balaban J connectivity index is 1.43. The van der Waals surface area contributed by atoms with E-state index in [2.05, 4.69) is 20.9 Å². The standard InChI is InChI=1S/C28H34N8O6/c1-35-20(14-31-18-6-4-17(5-7-18)25(39)33-21(27(41)42)10-11-22(37)38)15-32-24-23(35)26(40)34-28(30)36(24)19-8-2-16(3-9-19)12-13-29/h2-9,20-21,31-32H,10-15,29H2,1H3,(H,33,39)(H,37,38)(H,41,42)(H2,30,34,40)/t20-,21?/m1/s1. The van der Waals surface area contributed by atoms with Crippen molar-refractivity contribution >= 4 is 41.0 Å². The fourth-order valence-electron chi connectivity index (χ4n) is 4.73. The Labute approximate surface area is 241 Å². The number of nitrogens with one attached hydrogen (secondary N) is 3. The number of rotatable bonds is 12. The quantitative estimate of drug-likeness (QED) is 0.158. The number of likely N-dealkylation sites (N-methyl/N-ethyl adjacent to an activating group) is 1. The van der Waals surface area contributed by atoms with Crippen LogP contribution in [-0.4, -0.2) is 76.4 Å². The van der Waals surface area contributed by atoms with Crippen LogP contribution in [0.2, 0.25) is 0 Å². The van der Waals surface area contributed by atoms with Gasteiger partial charge in [-0.05, 0) is 61.3 Å². The van der Waals surface area contributed by atoms with E-state index in [1.165, 1.54) is 12.1 Å². The van der Waals surface area contributed by atoms with Crippen molar-refractivity contribution in [2.75, 3.05) is 47.9 Å². The van der Waals surface area contributed by atoms with Gasteiger partial charge in [-0.15, -0.1) is 0 Å². The molecule has 2 heterocycles. The number of hydrogen-bond donors (Lipinski definition) is 7. The predicted octanol–water partition coefficient (Wildman–Crippen LogP) is 0.706. The second-order valence-corrected chi connectivity index (χ2v) is 9.91. The highest BCUT2D eigenvalue weighted by Crippen LogP contribution is 2.31. The number of nitrogens with two attached hydrogens (primary N) is 2. The summed E-state index contributed by atoms with van der Waals surface area (Å²) in [6.07, 6.45) is 0.146. The molecule has 2 atom stereocenters. The van der Waals surface area contributed by atoms with Crippen molar-refractivity contribution in [3.63, 3.8) is 0 Å². The molecule has 1 amide bonds. The third-order valence-electron chi connectivity index (χ3n) is 7.07. The highest BCUT2D eigenvalue weighted by atomic mass is 16.4. The van der Waals surface area contributed by atoms with Gasteiger partial charge in [0.15, 0.2) is 0 Å². The van der Waals surface area contributed by atoms with Crippen LogP contribution in [0.25, 0.3) is 5.69 Å². The van der Waals surface area contributed by atoms with Gasteiger partial charge in [0.05, 0.1) is 11.7 Å². The SMILES string of the molecule is CN1c2c(n(-c3ccc(CCN)cc3)c(N)nc2=O)NC[C@H]1CNc1ccc(C(=O)NC(CCC(=O)O)C(=O)O)cc1. The molecule has 1 aliphatic rings. The topological polar surface area (TPSA) is 218 Å². The molecule has 3 aromatic rings. The summed E-state index contributed by atoms with van der Waals surface area (Å²) in [7, 11) is 1.82. The van der Waals surface area contributed by atoms with Crippen molar-refractivity contribution in [3.05, 3.63) is 70.0 Å². The number of aliphatic carboxylic acids is 2. The van der Waals surface area contributed by atoms with Gasteiger partial charge in [-0.3, -0.25) is 19.0 Å². The number of carboxylic acid groups (broad SMARTS) is 2. The lowest BCUT2D eigenvalue weighted by Crippen LogP contribution is -2.49. The zero-order valence-corrected chi connectivity index (χ0v) is 23.0. The number of amides is 1. The zero-order chi connectivity index (χ0) is 30.4. The Kier molecular flexibility index (Phi) is 9.27. The van der Waals surface area contributed by atoms with Crippen molar-refractivity contribution in [2.45, 2.75) is 31.3 Å². The van der Waals surface area contributed by atoms with Gasteiger partial charge < -0.3 is 42.5 Å². The summed E-state index contributed by atoms with van der Waals surface area (Å²) in [5.41, 5.74) is 14.5. The highest BCUT2D eigenvalue weighted by Gasteiger charge is 2.29. The summed E-state index contributed by atoms with van der Waals surface area (Å²) in [4.78, 5) is 53.5. The molecule has 1 unspecified atom stereocenters. The summed E-state index contributed by atoms with van der Waals surface area (Å²) < 4.78 is 1.71. The number of benzene rings is 2. The van der Waals surface area contributed by atoms with Gasteiger partial charge in [-0.2, -0.15) is 4.98 Å². The first-order valence-electron chi connectivity index (χ1n) is 13.4. The third-order valence-corrected chi connectivity index (χ3v) is 7.07. The lowest BCUT2D eigenvalue weighted by molar-refractivity contribution is -0.140. The van der Waals surface area contributed by atoms with Gasteiger partial charge in [0.1, 0.15) is 17.5 Å². The number of nitrogen functional groups attached to an aromatic ring is 1. The second-order valence-electron chi connectivity index (χ2n) is 9.91. The van der Waals surface area contributed by atoms with Gasteiger partial charge in [0.2, 0.25) is 5.95 Å². The first kappa shape index (κ1) is 29.9. The molecule has 1 aliphatic heterocycles. The molecule has 1 aromatic heterocycles. The molecule has 222 valence electrons. The van der Waals surface area contributed by atoms with E-state index in [1.54, 1.807) is 16.7 Å². The van der Waals surface area contributed by atoms with Gasteiger partial charge in [0.25, 0.3) is 11.5 Å². The van der Waals surface area contributed by atoms with Crippen molar-refractivity contribution < 1.29 is 24.6 Å². The first-order valence-corrected chi connectivity index (χ1v) is 13.4. The van der Waals surface area contributed by atoms with E-state index in [4.69, 9.17) is 16.6 Å². The Morgan fingerprint density at radius 1 is 1.12 bits per heavy atom. The Morgan fingerprint density at radius 2 is 1.81 bits per heavy atom. The number of fused-ring (bicyclic) bond motifs is 1. The number of hydrogen-bond acceptors (Lipinski definition) is 10. The van der Waals surface area contributed by atoms with Crippen LogP contribution in [0.3, 0.4) is 0 Å². The summed E-state index contributed by atoms with van der Waals surface area (Å²) in [5, 5.41) is 27.1. The molecule has 42 heavy (non-hydrogen) atoms. The first-order chi connectivity index (χ1) is 20.1. The summed E-state index contributed by atoms with van der Waals surface area (Å²) in [5.74, 6) is -2.45. The smallest absolute Gasteiger partial charge is 0.326 e. The molecule has 14 nitrogen and oxygen atoms in total. The van der Waals surface area contributed by atoms with E-state index in [1.807, 2.05) is 36.2 Å². The monoisotopic (exact) mass is 578 g/mol. The minimum atomic E-state index is -1.31. The van der Waals surface area contributed by atoms with Crippen LogP contribution >= 0.6 is 0 Å². The number of carbonyl (C=O) groups excluding carboxylic acids is 1. The fourth-order valence-corrected chi connectivity index (χ4v) is 4.73. The molecule has 0 bridgehead atoms. The Bertz CT molecular complexity index is 1510. The zero-order valence-electron chi connectivity index (χ0n) is 23.0. The molecule has 0 fully saturated rings. The molecular weight excluding hydrogens is 544 g/mol. The highest BCUT2D eigenvalue weighted by molar-refractivity contribution is 5.97. The average molecular weight is 579 g/mol. The number of anilines is 4. The second kappa shape index (κ2) is 13.0. The Morgan fingerprint density at radius 3 is 2.43 bits per heavy atom. The summed E-state index contributed by atoms with van der Waals surface area (Å²) >= 11 is 0. The van der Waals surface area contributed by atoms with E-state index < -0.39 is 29.4 Å². The fraction of sp³-hybridized carbons (Fsp3) is 0.321. The predicted molar refractivity (Wildman–Crippen MR) is 158 cm³/mol. The average Bonchev–Trinajstić information content (AvgIpc) is 2.95. The molecule has 9 N–H and O–H groups in total. The number of carboxylic acids is 2. The van der Waals surface area contributed by atoms with Gasteiger partial charge in [0, 0.05) is 37.8 Å². The minimum absolute atomic E-state index is 0.0727. The van der Waals surface area contributed by atoms with Crippen molar-refractivity contribution in [2.24, 2.45) is 5.73 Å². The lowest BCUT2D eigenvalue weighted by atomic mass is 10.1. The number of aromatic nitrogens is 2. The number of nitrogens with zero attached hydrogens (tertiary/aromatic N) is 3. The van der Waals surface area contributed by atoms with E-state index in [0.29, 0.717) is 36.8 Å². The van der Waals surface area contributed by atoms with E-state index >= 15 is 0 Å². The van der Waals surface area contributed by atoms with E-state index in [9.17, 15) is 24.3 Å². The largest absolute Gasteiger partial charge is 0.481 e. The molecule has 0 aliphatic carbocycles. The van der Waals surface area contributed by atoms with Gasteiger partial charge in [-0.1, -0.05) is 12.1 Å². The molecule has 0 spiro atoms. The van der Waals surface area contributed by atoms with Crippen molar-refractivity contribution in [1.82, 2.24) is 14.9 Å². The van der Waals surface area contributed by atoms with Crippen molar-refractivity contribution in [1.29, 1.82) is 0 Å². The summed E-state index contributed by atoms with van der Waals surface area (Å²) in [6, 6.07) is 12.7. The Hall–Kier alpha value is -5.11. The molecule has 0 radical (unpaired) electrons. The van der Waals surface area contributed by atoms with Gasteiger partial charge >= 0.3 is 11.9 Å². The number of carbonyl (C=O) groups is 3. The molecular formula is C28H34N8O6. The van der Waals surface area contributed by atoms with Crippen molar-refractivity contribution in [3.8, 4) is 5.69 Å². The van der Waals surface area contributed by atoms with E-state index in [0.717, 1.165) is 17.7 Å². The molecule has 14 heteroatoms. The van der Waals surface area contributed by atoms with Crippen LogP contribution in [0.4, 0.5) is 23.1 Å². The third kappa shape index (κ3) is 6.78. The lowest BCUT2D eigenvalue weighted by Gasteiger charge is -2.37. The maximum absolute atomic E-state index is 12.9. The van der Waals surface area contributed by atoms with Crippen LogP contribution in [0.1, 0.15) is 28.8 Å². The molecule has 2 aromatic carbocycles. The normalized spacial score (nSPS) is 14.8. The van der Waals surface area contributed by atoms with Crippen LogP contribution in [0.5, 0.6) is 0 Å². The van der Waals surface area contributed by atoms with Gasteiger partial charge in [-0.25, -0.2) is 4.79 Å². The maximum atomic E-state index is 12.9.